The van der Waals surface area contributed by atoms with Gasteiger partial charge < -0.3 is 22.3 Å². The maximum Gasteiger partial charge on any atom is 0.252 e. The lowest BCUT2D eigenvalue weighted by Gasteiger charge is -1.97. The molecule has 0 saturated carbocycles. The largest absolute Gasteiger partial charge is 0.507 e. The maximum atomic E-state index is 10.6. The fourth-order valence-corrected chi connectivity index (χ4v) is 1.40. The van der Waals surface area contributed by atoms with E-state index in [9.17, 15) is 9.59 Å². The number of nitrogens with two attached hydrogens (primary N) is 3. The molecule has 0 saturated heterocycles. The lowest BCUT2D eigenvalue weighted by atomic mass is 10.2. The number of amides is 2. The van der Waals surface area contributed by atoms with Gasteiger partial charge in [-0.05, 0) is 24.3 Å². The van der Waals surface area contributed by atoms with Gasteiger partial charge in [0.1, 0.15) is 5.75 Å². The Balaban J connectivity index is 0.000000200. The van der Waals surface area contributed by atoms with Crippen molar-refractivity contribution in [2.75, 3.05) is 5.73 Å². The Kier molecular flexibility index (Phi) is 5.11. The molecule has 2 amide bonds. The molecular formula is C14H15N3O3. The van der Waals surface area contributed by atoms with Gasteiger partial charge in [-0.1, -0.05) is 24.3 Å². The van der Waals surface area contributed by atoms with Crippen molar-refractivity contribution in [3.8, 4) is 5.75 Å². The highest BCUT2D eigenvalue weighted by Gasteiger charge is 2.03. The number of benzene rings is 2. The zero-order valence-electron chi connectivity index (χ0n) is 10.6. The summed E-state index contributed by atoms with van der Waals surface area (Å²) in [4.78, 5) is 21.0. The number of nitrogen functional groups attached to an aromatic ring is 1. The summed E-state index contributed by atoms with van der Waals surface area (Å²) in [5.74, 6) is -1.17. The van der Waals surface area contributed by atoms with E-state index in [-0.39, 0.29) is 11.3 Å². The first-order valence-corrected chi connectivity index (χ1v) is 5.65. The summed E-state index contributed by atoms with van der Waals surface area (Å²) < 4.78 is 0. The standard InChI is InChI=1S/C7H8N2O.C7H7NO2/c8-6-4-2-1-3-5(6)7(9)10;8-7(10)5-3-1-2-4-6(5)9/h1-4H,8H2,(H2,9,10);1-4,9H,(H2,8,10). The summed E-state index contributed by atoms with van der Waals surface area (Å²) in [5, 5.41) is 8.98. The molecule has 0 heterocycles. The first-order valence-electron chi connectivity index (χ1n) is 5.65. The van der Waals surface area contributed by atoms with Crippen LogP contribution in [-0.2, 0) is 0 Å². The summed E-state index contributed by atoms with van der Waals surface area (Å²) in [6, 6.07) is 12.9. The number of rotatable bonds is 2. The summed E-state index contributed by atoms with van der Waals surface area (Å²) in [6.07, 6.45) is 0. The van der Waals surface area contributed by atoms with Crippen LogP contribution in [0.3, 0.4) is 0 Å². The third kappa shape index (κ3) is 4.02. The van der Waals surface area contributed by atoms with Gasteiger partial charge in [-0.3, -0.25) is 9.59 Å². The second-order valence-corrected chi connectivity index (χ2v) is 3.83. The molecule has 0 atom stereocenters. The van der Waals surface area contributed by atoms with Crippen LogP contribution in [0, 0.1) is 0 Å². The third-order valence-corrected chi connectivity index (χ3v) is 2.40. The van der Waals surface area contributed by atoms with Crippen LogP contribution in [-0.4, -0.2) is 16.9 Å². The molecule has 6 heteroatoms. The number of carbonyl (C=O) groups excluding carboxylic acids is 2. The minimum absolute atomic E-state index is 0.0741. The minimum atomic E-state index is -0.613. The highest BCUT2D eigenvalue weighted by atomic mass is 16.3. The van der Waals surface area contributed by atoms with E-state index < -0.39 is 11.8 Å². The van der Waals surface area contributed by atoms with E-state index in [4.69, 9.17) is 22.3 Å². The Hall–Kier alpha value is -3.02. The summed E-state index contributed by atoms with van der Waals surface area (Å²) in [7, 11) is 0. The van der Waals surface area contributed by atoms with E-state index in [1.165, 1.54) is 12.1 Å². The zero-order chi connectivity index (χ0) is 15.1. The van der Waals surface area contributed by atoms with Crippen LogP contribution in [0.4, 0.5) is 5.69 Å². The van der Waals surface area contributed by atoms with Gasteiger partial charge in [-0.25, -0.2) is 0 Å². The van der Waals surface area contributed by atoms with Crippen molar-refractivity contribution in [2.45, 2.75) is 0 Å². The quantitative estimate of drug-likeness (QED) is 0.604. The fourth-order valence-electron chi connectivity index (χ4n) is 1.40. The van der Waals surface area contributed by atoms with Crippen LogP contribution in [0.2, 0.25) is 0 Å². The van der Waals surface area contributed by atoms with Crippen LogP contribution >= 0.6 is 0 Å². The number of hydrogen-bond donors (Lipinski definition) is 4. The molecular weight excluding hydrogens is 258 g/mol. The number of para-hydroxylation sites is 2. The molecule has 7 N–H and O–H groups in total. The van der Waals surface area contributed by atoms with Gasteiger partial charge in [0.05, 0.1) is 11.1 Å². The van der Waals surface area contributed by atoms with Gasteiger partial charge in [-0.15, -0.1) is 0 Å². The zero-order valence-corrected chi connectivity index (χ0v) is 10.6. The molecule has 0 fully saturated rings. The molecule has 2 rings (SSSR count). The second-order valence-electron chi connectivity index (χ2n) is 3.83. The van der Waals surface area contributed by atoms with E-state index in [1.54, 1.807) is 36.4 Å². The van der Waals surface area contributed by atoms with Crippen molar-refractivity contribution in [3.63, 3.8) is 0 Å². The molecule has 6 nitrogen and oxygen atoms in total. The van der Waals surface area contributed by atoms with Crippen molar-refractivity contribution in [2.24, 2.45) is 11.5 Å². The van der Waals surface area contributed by atoms with Crippen molar-refractivity contribution in [1.82, 2.24) is 0 Å². The first kappa shape index (κ1) is 15.0. The molecule has 2 aromatic carbocycles. The van der Waals surface area contributed by atoms with Crippen molar-refractivity contribution in [1.29, 1.82) is 0 Å². The van der Waals surface area contributed by atoms with E-state index in [1.807, 2.05) is 0 Å². The molecule has 0 spiro atoms. The van der Waals surface area contributed by atoms with Crippen LogP contribution in [0.1, 0.15) is 20.7 Å². The Morgan fingerprint density at radius 3 is 1.60 bits per heavy atom. The molecule has 0 aromatic heterocycles. The topological polar surface area (TPSA) is 132 Å². The van der Waals surface area contributed by atoms with Gasteiger partial charge in [-0.2, -0.15) is 0 Å². The summed E-state index contributed by atoms with van der Waals surface area (Å²) in [6.45, 7) is 0. The van der Waals surface area contributed by atoms with Gasteiger partial charge in [0.2, 0.25) is 0 Å². The Labute approximate surface area is 115 Å². The van der Waals surface area contributed by atoms with Crippen LogP contribution in [0.5, 0.6) is 5.75 Å². The number of carbonyl (C=O) groups is 2. The highest BCUT2D eigenvalue weighted by Crippen LogP contribution is 2.13. The van der Waals surface area contributed by atoms with Crippen molar-refractivity contribution >= 4 is 17.5 Å². The lowest BCUT2D eigenvalue weighted by Crippen LogP contribution is -2.12. The van der Waals surface area contributed by atoms with E-state index >= 15 is 0 Å². The van der Waals surface area contributed by atoms with Crippen molar-refractivity contribution < 1.29 is 14.7 Å². The van der Waals surface area contributed by atoms with Gasteiger partial charge in [0.25, 0.3) is 11.8 Å². The van der Waals surface area contributed by atoms with E-state index in [0.717, 1.165) is 0 Å². The number of aromatic hydroxyl groups is 1. The van der Waals surface area contributed by atoms with Crippen LogP contribution in [0.25, 0.3) is 0 Å². The maximum absolute atomic E-state index is 10.6. The smallest absolute Gasteiger partial charge is 0.252 e. The monoisotopic (exact) mass is 273 g/mol. The number of primary amides is 2. The molecule has 0 aliphatic rings. The predicted octanol–water partition coefficient (Wildman–Crippen LogP) is 0.859. The Morgan fingerprint density at radius 2 is 1.25 bits per heavy atom. The fraction of sp³-hybridized carbons (Fsp3) is 0. The van der Waals surface area contributed by atoms with Gasteiger partial charge in [0.15, 0.2) is 0 Å². The SMILES string of the molecule is NC(=O)c1ccccc1N.NC(=O)c1ccccc1O. The molecule has 0 aliphatic carbocycles. The average Bonchev–Trinajstić information content (AvgIpc) is 2.40. The highest BCUT2D eigenvalue weighted by molar-refractivity contribution is 5.97. The first-order chi connectivity index (χ1) is 9.43. The number of phenols is 1. The van der Waals surface area contributed by atoms with Crippen LogP contribution in [0.15, 0.2) is 48.5 Å². The summed E-state index contributed by atoms with van der Waals surface area (Å²) in [5.41, 5.74) is 16.3. The molecule has 2 aromatic rings. The minimum Gasteiger partial charge on any atom is -0.507 e. The predicted molar refractivity (Wildman–Crippen MR) is 76.0 cm³/mol. The lowest BCUT2D eigenvalue weighted by molar-refractivity contribution is 0.0990. The molecule has 20 heavy (non-hydrogen) atoms. The second kappa shape index (κ2) is 6.79. The number of anilines is 1. The molecule has 0 aliphatic heterocycles. The molecule has 104 valence electrons. The average molecular weight is 273 g/mol. The molecule has 0 radical (unpaired) electrons. The van der Waals surface area contributed by atoms with Gasteiger partial charge in [0, 0.05) is 5.69 Å². The van der Waals surface area contributed by atoms with Crippen molar-refractivity contribution in [3.05, 3.63) is 59.7 Å². The Morgan fingerprint density at radius 1 is 0.800 bits per heavy atom. The molecule has 0 bridgehead atoms. The van der Waals surface area contributed by atoms with E-state index in [2.05, 4.69) is 0 Å². The third-order valence-electron chi connectivity index (χ3n) is 2.40. The molecule has 0 unspecified atom stereocenters. The van der Waals surface area contributed by atoms with Crippen LogP contribution < -0.4 is 17.2 Å². The van der Waals surface area contributed by atoms with E-state index in [0.29, 0.717) is 11.3 Å². The summed E-state index contributed by atoms with van der Waals surface area (Å²) >= 11 is 0. The Bertz CT molecular complexity index is 571. The van der Waals surface area contributed by atoms with Gasteiger partial charge >= 0.3 is 0 Å². The normalized spacial score (nSPS) is 9.20. The number of hydrogen-bond acceptors (Lipinski definition) is 4.